The largest absolute Gasteiger partial charge is 0.505 e. The molecule has 1 aromatic carbocycles. The van der Waals surface area contributed by atoms with Gasteiger partial charge in [0.1, 0.15) is 0 Å². The van der Waals surface area contributed by atoms with E-state index in [0.29, 0.717) is 18.1 Å². The molecule has 0 spiro atoms. The predicted octanol–water partition coefficient (Wildman–Crippen LogP) is 5.93. The molecular weight excluding hydrogens is 388 g/mol. The molecule has 0 aliphatic rings. The number of hydrogen-bond acceptors (Lipinski definition) is 5. The summed E-state index contributed by atoms with van der Waals surface area (Å²) in [6.07, 6.45) is 11.9. The summed E-state index contributed by atoms with van der Waals surface area (Å²) in [6, 6.07) is 5.94. The second kappa shape index (κ2) is 10.6. The molecule has 0 bridgehead atoms. The highest BCUT2D eigenvalue weighted by Gasteiger charge is 2.16. The zero-order valence-electron chi connectivity index (χ0n) is 16.9. The average Bonchev–Trinajstić information content (AvgIpc) is 2.78. The van der Waals surface area contributed by atoms with Crippen molar-refractivity contribution in [2.75, 3.05) is 6.61 Å². The van der Waals surface area contributed by atoms with E-state index in [-0.39, 0.29) is 11.4 Å². The molecule has 2 aromatic heterocycles. The summed E-state index contributed by atoms with van der Waals surface area (Å²) in [7, 11) is 0. The van der Waals surface area contributed by atoms with Crippen LogP contribution in [0, 0.1) is 11.6 Å². The summed E-state index contributed by atoms with van der Waals surface area (Å²) in [5.41, 5.74) is 1.35. The van der Waals surface area contributed by atoms with Gasteiger partial charge in [-0.1, -0.05) is 39.0 Å². The molecule has 0 aliphatic heterocycles. The summed E-state index contributed by atoms with van der Waals surface area (Å²) in [5, 5.41) is 9.23. The number of pyridine rings is 1. The number of aromatic nitrogens is 3. The molecule has 0 amide bonds. The number of phenols is 1. The van der Waals surface area contributed by atoms with Crippen LogP contribution in [0.1, 0.15) is 45.4 Å². The molecule has 5 nitrogen and oxygen atoms in total. The van der Waals surface area contributed by atoms with Crippen LogP contribution in [-0.2, 0) is 0 Å². The van der Waals surface area contributed by atoms with Crippen LogP contribution in [0.5, 0.6) is 11.6 Å². The lowest BCUT2D eigenvalue weighted by molar-refractivity contribution is 0.293. The summed E-state index contributed by atoms with van der Waals surface area (Å²) in [4.78, 5) is 12.5. The number of unbranched alkanes of at least 4 members (excludes halogenated alkanes) is 5. The van der Waals surface area contributed by atoms with Gasteiger partial charge in [0.25, 0.3) is 0 Å². The number of nitrogens with zero attached hydrogens (tertiary/aromatic N) is 3. The highest BCUT2D eigenvalue weighted by molar-refractivity contribution is 5.63. The standard InChI is InChI=1S/C23H25F2N3O2/c1-2-3-4-5-6-7-12-30-20-11-8-16(13-26-20)17-14-27-23(28-15-17)18-9-10-19(29)22(25)21(18)24/h8-11,13-15,29H,2-7,12H2,1H3. The zero-order chi connectivity index (χ0) is 21.3. The Morgan fingerprint density at radius 2 is 1.50 bits per heavy atom. The monoisotopic (exact) mass is 413 g/mol. The fraction of sp³-hybridized carbons (Fsp3) is 0.348. The van der Waals surface area contributed by atoms with Crippen molar-refractivity contribution in [1.82, 2.24) is 15.0 Å². The quantitative estimate of drug-likeness (QED) is 0.417. The molecule has 0 fully saturated rings. The summed E-state index contributed by atoms with van der Waals surface area (Å²) < 4.78 is 33.2. The van der Waals surface area contributed by atoms with Gasteiger partial charge in [-0.15, -0.1) is 0 Å². The van der Waals surface area contributed by atoms with E-state index in [2.05, 4.69) is 21.9 Å². The molecule has 0 saturated carbocycles. The van der Waals surface area contributed by atoms with Crippen LogP contribution < -0.4 is 4.74 Å². The van der Waals surface area contributed by atoms with Crippen LogP contribution in [0.15, 0.2) is 42.9 Å². The SMILES string of the molecule is CCCCCCCCOc1ccc(-c2cnc(-c3ccc(O)c(F)c3F)nc2)cn1. The molecule has 158 valence electrons. The van der Waals surface area contributed by atoms with E-state index < -0.39 is 17.4 Å². The summed E-state index contributed by atoms with van der Waals surface area (Å²) >= 11 is 0. The molecule has 0 saturated heterocycles. The van der Waals surface area contributed by atoms with E-state index in [1.165, 1.54) is 44.1 Å². The third-order valence-electron chi connectivity index (χ3n) is 4.77. The Kier molecular flexibility index (Phi) is 7.65. The van der Waals surface area contributed by atoms with Crippen LogP contribution in [0.2, 0.25) is 0 Å². The molecular formula is C23H25F2N3O2. The lowest BCUT2D eigenvalue weighted by atomic mass is 10.1. The molecule has 30 heavy (non-hydrogen) atoms. The molecule has 0 radical (unpaired) electrons. The Morgan fingerprint density at radius 1 is 0.800 bits per heavy atom. The van der Waals surface area contributed by atoms with Gasteiger partial charge in [0.05, 0.1) is 12.2 Å². The van der Waals surface area contributed by atoms with E-state index in [9.17, 15) is 13.9 Å². The zero-order valence-corrected chi connectivity index (χ0v) is 16.9. The molecule has 7 heteroatoms. The van der Waals surface area contributed by atoms with E-state index >= 15 is 0 Å². The summed E-state index contributed by atoms with van der Waals surface area (Å²) in [6.45, 7) is 2.85. The number of rotatable bonds is 10. The van der Waals surface area contributed by atoms with Gasteiger partial charge in [-0.25, -0.2) is 19.3 Å². The Labute approximate surface area is 174 Å². The topological polar surface area (TPSA) is 68.1 Å². The van der Waals surface area contributed by atoms with Crippen molar-refractivity contribution in [2.45, 2.75) is 45.4 Å². The summed E-state index contributed by atoms with van der Waals surface area (Å²) in [5.74, 6) is -2.66. The van der Waals surface area contributed by atoms with Crippen LogP contribution in [0.3, 0.4) is 0 Å². The van der Waals surface area contributed by atoms with Gasteiger partial charge in [-0.3, -0.25) is 0 Å². The maximum Gasteiger partial charge on any atom is 0.213 e. The smallest absolute Gasteiger partial charge is 0.213 e. The maximum atomic E-state index is 14.0. The van der Waals surface area contributed by atoms with Crippen molar-refractivity contribution in [3.63, 3.8) is 0 Å². The molecule has 0 atom stereocenters. The fourth-order valence-corrected chi connectivity index (χ4v) is 3.02. The van der Waals surface area contributed by atoms with Gasteiger partial charge < -0.3 is 9.84 Å². The molecule has 0 unspecified atom stereocenters. The van der Waals surface area contributed by atoms with E-state index in [1.54, 1.807) is 12.3 Å². The first-order chi connectivity index (χ1) is 14.6. The highest BCUT2D eigenvalue weighted by atomic mass is 19.2. The number of ether oxygens (including phenoxy) is 1. The number of benzene rings is 1. The highest BCUT2D eigenvalue weighted by Crippen LogP contribution is 2.28. The average molecular weight is 413 g/mol. The van der Waals surface area contributed by atoms with Crippen LogP contribution in [0.4, 0.5) is 8.78 Å². The van der Waals surface area contributed by atoms with Gasteiger partial charge in [0.15, 0.2) is 17.4 Å². The Hall–Kier alpha value is -3.09. The lowest BCUT2D eigenvalue weighted by Crippen LogP contribution is -1.99. The third kappa shape index (κ3) is 5.49. The number of halogens is 2. The van der Waals surface area contributed by atoms with Crippen LogP contribution in [-0.4, -0.2) is 26.7 Å². The number of hydrogen-bond donors (Lipinski definition) is 1. The molecule has 1 N–H and O–H groups in total. The molecule has 0 aliphatic carbocycles. The minimum Gasteiger partial charge on any atom is -0.505 e. The Morgan fingerprint density at radius 3 is 2.20 bits per heavy atom. The normalized spacial score (nSPS) is 10.9. The number of aromatic hydroxyl groups is 1. The van der Waals surface area contributed by atoms with Crippen molar-refractivity contribution >= 4 is 0 Å². The van der Waals surface area contributed by atoms with Gasteiger partial charge in [0.2, 0.25) is 11.7 Å². The van der Waals surface area contributed by atoms with Crippen LogP contribution in [0.25, 0.3) is 22.5 Å². The maximum absolute atomic E-state index is 14.0. The minimum absolute atomic E-state index is 0.0296. The first-order valence-corrected chi connectivity index (χ1v) is 10.2. The van der Waals surface area contributed by atoms with Crippen molar-refractivity contribution < 1.29 is 18.6 Å². The van der Waals surface area contributed by atoms with E-state index in [1.807, 2.05) is 6.07 Å². The Bertz CT molecular complexity index is 948. The van der Waals surface area contributed by atoms with Crippen molar-refractivity contribution in [3.05, 3.63) is 54.5 Å². The van der Waals surface area contributed by atoms with Gasteiger partial charge >= 0.3 is 0 Å². The predicted molar refractivity (Wildman–Crippen MR) is 111 cm³/mol. The van der Waals surface area contributed by atoms with Crippen molar-refractivity contribution in [1.29, 1.82) is 0 Å². The van der Waals surface area contributed by atoms with Gasteiger partial charge in [0, 0.05) is 35.8 Å². The Balaban J connectivity index is 1.57. The second-order valence-electron chi connectivity index (χ2n) is 7.06. The molecule has 3 rings (SSSR count). The van der Waals surface area contributed by atoms with Crippen molar-refractivity contribution in [2.24, 2.45) is 0 Å². The third-order valence-corrected chi connectivity index (χ3v) is 4.77. The minimum atomic E-state index is -1.32. The fourth-order valence-electron chi connectivity index (χ4n) is 3.02. The molecule has 2 heterocycles. The van der Waals surface area contributed by atoms with Crippen LogP contribution >= 0.6 is 0 Å². The molecule has 3 aromatic rings. The van der Waals surface area contributed by atoms with E-state index in [4.69, 9.17) is 4.74 Å². The van der Waals surface area contributed by atoms with Gasteiger partial charge in [-0.05, 0) is 24.6 Å². The van der Waals surface area contributed by atoms with Crippen molar-refractivity contribution in [3.8, 4) is 34.1 Å². The van der Waals surface area contributed by atoms with E-state index in [0.717, 1.165) is 24.5 Å². The number of phenolic OH excluding ortho intramolecular Hbond substituents is 1. The first kappa shape index (κ1) is 21.6. The first-order valence-electron chi connectivity index (χ1n) is 10.2. The lowest BCUT2D eigenvalue weighted by Gasteiger charge is -2.07. The second-order valence-corrected chi connectivity index (χ2v) is 7.06. The van der Waals surface area contributed by atoms with Gasteiger partial charge in [-0.2, -0.15) is 4.39 Å².